The van der Waals surface area contributed by atoms with Gasteiger partial charge in [0.15, 0.2) is 18.1 Å². The van der Waals surface area contributed by atoms with Crippen LogP contribution in [0.3, 0.4) is 0 Å². The molecule has 0 bridgehead atoms. The van der Waals surface area contributed by atoms with Gasteiger partial charge in [0.05, 0.1) is 23.9 Å². The maximum Gasteiger partial charge on any atom is 0.338 e. The molecular weight excluding hydrogens is 406 g/mol. The lowest BCUT2D eigenvalue weighted by molar-refractivity contribution is -0.123. The van der Waals surface area contributed by atoms with E-state index in [1.807, 2.05) is 6.92 Å². The molecule has 0 saturated heterocycles. The van der Waals surface area contributed by atoms with Gasteiger partial charge in [0.25, 0.3) is 5.91 Å². The Labute approximate surface area is 180 Å². The summed E-state index contributed by atoms with van der Waals surface area (Å²) in [4.78, 5) is 35.7. The van der Waals surface area contributed by atoms with Crippen molar-refractivity contribution in [3.63, 3.8) is 0 Å². The summed E-state index contributed by atoms with van der Waals surface area (Å²) >= 11 is 0. The summed E-state index contributed by atoms with van der Waals surface area (Å²) in [5.41, 5.74) is 1.21. The molecule has 10 nitrogen and oxygen atoms in total. The molecule has 0 saturated carbocycles. The number of nitrogens with zero attached hydrogens (tertiary/aromatic N) is 1. The normalized spacial score (nSPS) is 10.9. The molecule has 0 aliphatic carbocycles. The van der Waals surface area contributed by atoms with Crippen molar-refractivity contribution in [1.82, 2.24) is 15.8 Å². The standard InChI is InChI=1S/C21H27N3O7/c1-12-15(13(2)31-24-12)10-29-16-8-7-14(9-17(16)28-6)19(26)30-11-18(25)22-20(27)23-21(3,4)5/h7-9H,10-11H2,1-6H3,(H2,22,23,25,27). The monoisotopic (exact) mass is 433 g/mol. The predicted molar refractivity (Wildman–Crippen MR) is 110 cm³/mol. The Morgan fingerprint density at radius 1 is 1.13 bits per heavy atom. The largest absolute Gasteiger partial charge is 0.493 e. The maximum atomic E-state index is 12.3. The number of carbonyl (C=O) groups is 3. The van der Waals surface area contributed by atoms with Crippen LogP contribution in [-0.4, -0.2) is 42.3 Å². The van der Waals surface area contributed by atoms with E-state index >= 15 is 0 Å². The molecule has 0 spiro atoms. The van der Waals surface area contributed by atoms with Crippen molar-refractivity contribution < 1.29 is 33.1 Å². The Kier molecular flexibility index (Phi) is 7.62. The SMILES string of the molecule is COc1cc(C(=O)OCC(=O)NC(=O)NC(C)(C)C)ccc1OCc1c(C)noc1C. The van der Waals surface area contributed by atoms with Crippen LogP contribution in [0.25, 0.3) is 0 Å². The fourth-order valence-corrected chi connectivity index (χ4v) is 2.52. The van der Waals surface area contributed by atoms with Gasteiger partial charge < -0.3 is 24.1 Å². The third-order valence-corrected chi connectivity index (χ3v) is 4.03. The van der Waals surface area contributed by atoms with Gasteiger partial charge in [-0.3, -0.25) is 10.1 Å². The molecule has 0 radical (unpaired) electrons. The molecule has 0 fully saturated rings. The quantitative estimate of drug-likeness (QED) is 0.638. The lowest BCUT2D eigenvalue weighted by Gasteiger charge is -2.20. The highest BCUT2D eigenvalue weighted by Crippen LogP contribution is 2.29. The van der Waals surface area contributed by atoms with E-state index in [-0.39, 0.29) is 12.2 Å². The Bertz CT molecular complexity index is 941. The summed E-state index contributed by atoms with van der Waals surface area (Å²) in [5, 5.41) is 8.53. The summed E-state index contributed by atoms with van der Waals surface area (Å²) in [6, 6.07) is 3.81. The fraction of sp³-hybridized carbons (Fsp3) is 0.429. The van der Waals surface area contributed by atoms with Gasteiger partial charge in [0.1, 0.15) is 12.4 Å². The molecule has 0 aliphatic heterocycles. The first kappa shape index (κ1) is 23.7. The van der Waals surface area contributed by atoms with Crippen molar-refractivity contribution in [2.24, 2.45) is 0 Å². The van der Waals surface area contributed by atoms with Gasteiger partial charge in [0, 0.05) is 5.54 Å². The smallest absolute Gasteiger partial charge is 0.338 e. The topological polar surface area (TPSA) is 129 Å². The van der Waals surface area contributed by atoms with E-state index < -0.39 is 30.1 Å². The first-order chi connectivity index (χ1) is 14.5. The van der Waals surface area contributed by atoms with Crippen molar-refractivity contribution in [2.45, 2.75) is 46.8 Å². The van der Waals surface area contributed by atoms with Crippen LogP contribution < -0.4 is 20.1 Å². The molecule has 0 aliphatic rings. The van der Waals surface area contributed by atoms with Crippen LogP contribution in [0.15, 0.2) is 22.7 Å². The van der Waals surface area contributed by atoms with E-state index in [2.05, 4.69) is 15.8 Å². The number of imide groups is 1. The average Bonchev–Trinajstić information content (AvgIpc) is 3.00. The number of amides is 3. The first-order valence-corrected chi connectivity index (χ1v) is 9.52. The third-order valence-electron chi connectivity index (χ3n) is 4.03. The van der Waals surface area contributed by atoms with Crippen molar-refractivity contribution in [1.29, 1.82) is 0 Å². The molecule has 2 N–H and O–H groups in total. The van der Waals surface area contributed by atoms with Gasteiger partial charge in [-0.05, 0) is 52.8 Å². The van der Waals surface area contributed by atoms with Crippen LogP contribution in [0.2, 0.25) is 0 Å². The molecule has 1 heterocycles. The number of benzene rings is 1. The number of hydrogen-bond donors (Lipinski definition) is 2. The van der Waals surface area contributed by atoms with Crippen LogP contribution in [0.1, 0.15) is 48.1 Å². The molecule has 31 heavy (non-hydrogen) atoms. The van der Waals surface area contributed by atoms with Crippen LogP contribution in [0, 0.1) is 13.8 Å². The predicted octanol–water partition coefficient (Wildman–Crippen LogP) is 2.66. The number of aromatic nitrogens is 1. The number of urea groups is 1. The summed E-state index contributed by atoms with van der Waals surface area (Å²) in [5.74, 6) is -0.111. The van der Waals surface area contributed by atoms with Gasteiger partial charge in [-0.25, -0.2) is 9.59 Å². The average molecular weight is 433 g/mol. The van der Waals surface area contributed by atoms with E-state index in [0.29, 0.717) is 17.3 Å². The second kappa shape index (κ2) is 9.96. The number of carbonyl (C=O) groups excluding carboxylic acids is 3. The van der Waals surface area contributed by atoms with Crippen molar-refractivity contribution >= 4 is 17.9 Å². The highest BCUT2D eigenvalue weighted by atomic mass is 16.5. The number of ether oxygens (including phenoxy) is 3. The number of rotatable bonds is 7. The Morgan fingerprint density at radius 2 is 1.84 bits per heavy atom. The first-order valence-electron chi connectivity index (χ1n) is 9.52. The number of nitrogens with one attached hydrogen (secondary N) is 2. The Hall–Kier alpha value is -3.56. The maximum absolute atomic E-state index is 12.3. The summed E-state index contributed by atoms with van der Waals surface area (Å²) in [6.07, 6.45) is 0. The second-order valence-electron chi connectivity index (χ2n) is 7.79. The molecule has 3 amide bonds. The fourth-order valence-electron chi connectivity index (χ4n) is 2.52. The summed E-state index contributed by atoms with van der Waals surface area (Å²) in [6.45, 7) is 8.53. The number of hydrogen-bond acceptors (Lipinski definition) is 8. The number of esters is 1. The lowest BCUT2D eigenvalue weighted by atomic mass is 10.1. The van der Waals surface area contributed by atoms with Gasteiger partial charge in [0.2, 0.25) is 0 Å². The highest BCUT2D eigenvalue weighted by Gasteiger charge is 2.18. The van der Waals surface area contributed by atoms with Crippen LogP contribution >= 0.6 is 0 Å². The van der Waals surface area contributed by atoms with E-state index in [1.165, 1.54) is 19.2 Å². The molecule has 0 atom stereocenters. The molecule has 2 rings (SSSR count). The van der Waals surface area contributed by atoms with Gasteiger partial charge in [-0.2, -0.15) is 0 Å². The second-order valence-corrected chi connectivity index (χ2v) is 7.79. The van der Waals surface area contributed by atoms with Gasteiger partial charge in [-0.15, -0.1) is 0 Å². The van der Waals surface area contributed by atoms with Crippen molar-refractivity contribution in [3.05, 3.63) is 40.8 Å². The summed E-state index contributed by atoms with van der Waals surface area (Å²) in [7, 11) is 1.44. The highest BCUT2D eigenvalue weighted by molar-refractivity contribution is 5.97. The molecular formula is C21H27N3O7. The Balaban J connectivity index is 1.94. The van der Waals surface area contributed by atoms with E-state index in [0.717, 1.165) is 11.3 Å². The zero-order valence-corrected chi connectivity index (χ0v) is 18.5. The van der Waals surface area contributed by atoms with Crippen molar-refractivity contribution in [3.8, 4) is 11.5 Å². The van der Waals surface area contributed by atoms with E-state index in [4.69, 9.17) is 18.7 Å². The minimum Gasteiger partial charge on any atom is -0.493 e. The zero-order chi connectivity index (χ0) is 23.2. The van der Waals surface area contributed by atoms with Crippen LogP contribution in [0.5, 0.6) is 11.5 Å². The van der Waals surface area contributed by atoms with Gasteiger partial charge >= 0.3 is 12.0 Å². The molecule has 0 unspecified atom stereocenters. The molecule has 1 aromatic heterocycles. The molecule has 168 valence electrons. The minimum atomic E-state index is -0.749. The van der Waals surface area contributed by atoms with Crippen LogP contribution in [0.4, 0.5) is 4.79 Å². The van der Waals surface area contributed by atoms with Gasteiger partial charge in [-0.1, -0.05) is 5.16 Å². The number of aryl methyl sites for hydroxylation is 2. The van der Waals surface area contributed by atoms with E-state index in [1.54, 1.807) is 33.8 Å². The Morgan fingerprint density at radius 3 is 2.42 bits per heavy atom. The third kappa shape index (κ3) is 7.02. The minimum absolute atomic E-state index is 0.161. The molecule has 10 heteroatoms. The lowest BCUT2D eigenvalue weighted by Crippen LogP contribution is -2.49. The molecule has 2 aromatic rings. The van der Waals surface area contributed by atoms with Crippen LogP contribution in [-0.2, 0) is 16.1 Å². The summed E-state index contributed by atoms with van der Waals surface area (Å²) < 4.78 is 21.1. The van der Waals surface area contributed by atoms with E-state index in [9.17, 15) is 14.4 Å². The van der Waals surface area contributed by atoms with Crippen molar-refractivity contribution in [2.75, 3.05) is 13.7 Å². The molecule has 1 aromatic carbocycles. The number of methoxy groups -OCH3 is 1. The zero-order valence-electron chi connectivity index (χ0n) is 18.5.